The van der Waals surface area contributed by atoms with E-state index in [1.165, 1.54) is 18.4 Å². The smallest absolute Gasteiger partial charge is 0.371 e. The third-order valence-corrected chi connectivity index (χ3v) is 0.732. The van der Waals surface area contributed by atoms with Crippen LogP contribution in [-0.4, -0.2) is 62.5 Å². The van der Waals surface area contributed by atoms with E-state index in [1.807, 2.05) is 0 Å². The molecule has 0 atom stereocenters. The summed E-state index contributed by atoms with van der Waals surface area (Å²) < 4.78 is 4.50. The molecule has 1 N–H and O–H groups in total. The first-order chi connectivity index (χ1) is 3.80. The summed E-state index contributed by atoms with van der Waals surface area (Å²) in [5, 5.41) is 8.18. The van der Waals surface area contributed by atoms with Gasteiger partial charge in [0.15, 0.2) is 0 Å². The Morgan fingerprint density at radius 2 is 2.33 bits per heavy atom. The summed E-state index contributed by atoms with van der Waals surface area (Å²) >= 11 is 0. The van der Waals surface area contributed by atoms with Crippen LogP contribution in [0.25, 0.3) is 0 Å². The molecule has 0 saturated carbocycles. The Hall–Kier alpha value is 0.386. The van der Waals surface area contributed by atoms with Gasteiger partial charge >= 0.3 is 5.97 Å². The second-order valence-electron chi connectivity index (χ2n) is 1.28. The van der Waals surface area contributed by atoms with E-state index in [4.69, 9.17) is 5.11 Å². The third kappa shape index (κ3) is 2.64. The second kappa shape index (κ2) is 4.24. The fourth-order valence-corrected chi connectivity index (χ4v) is 0.400. The Morgan fingerprint density at radius 3 is 2.56 bits per heavy atom. The average Bonchev–Trinajstić information content (AvgIpc) is 2.12. The van der Waals surface area contributed by atoms with E-state index >= 15 is 0 Å². The SMILES string of the molecule is O=C(O)c1ccco1.[K]. The fourth-order valence-electron chi connectivity index (χ4n) is 0.400. The van der Waals surface area contributed by atoms with Gasteiger partial charge < -0.3 is 9.52 Å². The zero-order chi connectivity index (χ0) is 5.98. The summed E-state index contributed by atoms with van der Waals surface area (Å²) in [4.78, 5) is 9.97. The van der Waals surface area contributed by atoms with Gasteiger partial charge in [0.2, 0.25) is 5.76 Å². The maximum absolute atomic E-state index is 9.97. The Kier molecular flexibility index (Phi) is 4.42. The van der Waals surface area contributed by atoms with Gasteiger partial charge in [-0.15, -0.1) is 0 Å². The summed E-state index contributed by atoms with van der Waals surface area (Å²) in [6.07, 6.45) is 1.32. The quantitative estimate of drug-likeness (QED) is 0.598. The normalized spacial score (nSPS) is 8.00. The van der Waals surface area contributed by atoms with Crippen molar-refractivity contribution in [3.05, 3.63) is 24.2 Å². The van der Waals surface area contributed by atoms with Crippen LogP contribution in [0.15, 0.2) is 22.8 Å². The summed E-state index contributed by atoms with van der Waals surface area (Å²) in [5.74, 6) is -1.06. The second-order valence-corrected chi connectivity index (χ2v) is 1.28. The van der Waals surface area contributed by atoms with E-state index in [0.29, 0.717) is 0 Å². The molecule has 4 heteroatoms. The molecule has 0 bridgehead atoms. The van der Waals surface area contributed by atoms with Crippen molar-refractivity contribution in [3.8, 4) is 0 Å². The van der Waals surface area contributed by atoms with Gasteiger partial charge in [0.05, 0.1) is 6.26 Å². The fraction of sp³-hybridized carbons (Fsp3) is 0. The first kappa shape index (κ1) is 9.39. The molecule has 0 aliphatic carbocycles. The topological polar surface area (TPSA) is 50.4 Å². The minimum atomic E-state index is -1.03. The molecule has 9 heavy (non-hydrogen) atoms. The molecule has 1 aromatic heterocycles. The molecule has 0 aliphatic heterocycles. The van der Waals surface area contributed by atoms with Crippen molar-refractivity contribution in [2.45, 2.75) is 0 Å². The Morgan fingerprint density at radius 1 is 1.67 bits per heavy atom. The molecule has 0 saturated heterocycles. The van der Waals surface area contributed by atoms with Crippen molar-refractivity contribution < 1.29 is 14.3 Å². The molecule has 0 aromatic carbocycles. The Balaban J connectivity index is 0.000000640. The number of hydrogen-bond donors (Lipinski definition) is 1. The predicted octanol–water partition coefficient (Wildman–Crippen LogP) is 0.597. The Labute approximate surface area is 94.5 Å². The van der Waals surface area contributed by atoms with Crippen molar-refractivity contribution in [3.63, 3.8) is 0 Å². The van der Waals surface area contributed by atoms with Crippen LogP contribution in [-0.2, 0) is 0 Å². The molecule has 43 valence electrons. The number of carboxylic acid groups (broad SMARTS) is 1. The first-order valence-corrected chi connectivity index (χ1v) is 2.07. The minimum Gasteiger partial charge on any atom is -0.475 e. The van der Waals surface area contributed by atoms with Crippen LogP contribution >= 0.6 is 0 Å². The zero-order valence-corrected chi connectivity index (χ0v) is 8.12. The van der Waals surface area contributed by atoms with Crippen LogP contribution in [0.3, 0.4) is 0 Å². The molecule has 1 radical (unpaired) electrons. The van der Waals surface area contributed by atoms with E-state index in [1.54, 1.807) is 0 Å². The molecule has 0 unspecified atom stereocenters. The molecule has 3 nitrogen and oxygen atoms in total. The number of furan rings is 1. The summed E-state index contributed by atoms with van der Waals surface area (Å²) in [7, 11) is 0. The van der Waals surface area contributed by atoms with E-state index in [2.05, 4.69) is 4.42 Å². The summed E-state index contributed by atoms with van der Waals surface area (Å²) in [6, 6.07) is 2.92. The van der Waals surface area contributed by atoms with Crippen LogP contribution in [0.2, 0.25) is 0 Å². The molecule has 1 rings (SSSR count). The van der Waals surface area contributed by atoms with E-state index in [0.717, 1.165) is 0 Å². The molecule has 1 aromatic rings. The number of carbonyl (C=O) groups is 1. The van der Waals surface area contributed by atoms with Gasteiger partial charge in [-0.25, -0.2) is 4.79 Å². The molecule has 0 fully saturated rings. The van der Waals surface area contributed by atoms with Gasteiger partial charge in [-0.3, -0.25) is 0 Å². The van der Waals surface area contributed by atoms with Gasteiger partial charge in [-0.1, -0.05) is 0 Å². The largest absolute Gasteiger partial charge is 0.475 e. The van der Waals surface area contributed by atoms with Crippen molar-refractivity contribution in [2.24, 2.45) is 0 Å². The zero-order valence-electron chi connectivity index (χ0n) is 5.00. The van der Waals surface area contributed by atoms with Crippen molar-refractivity contribution >= 4 is 57.4 Å². The van der Waals surface area contributed by atoms with Crippen LogP contribution in [0.4, 0.5) is 0 Å². The minimum absolute atomic E-state index is 0. The first-order valence-electron chi connectivity index (χ1n) is 2.07. The Bertz CT molecular complexity index is 180. The van der Waals surface area contributed by atoms with Crippen molar-refractivity contribution in [2.75, 3.05) is 0 Å². The molecule has 0 aliphatic rings. The molecular formula is C5H4KO3. The number of rotatable bonds is 1. The third-order valence-electron chi connectivity index (χ3n) is 0.732. The van der Waals surface area contributed by atoms with Crippen LogP contribution in [0, 0.1) is 0 Å². The molecular weight excluding hydrogens is 147 g/mol. The molecule has 0 spiro atoms. The maximum atomic E-state index is 9.97. The standard InChI is InChI=1S/C5H4O3.K/c6-5(7)4-2-1-3-8-4;/h1-3H,(H,6,7);. The van der Waals surface area contributed by atoms with Crippen LogP contribution in [0.5, 0.6) is 0 Å². The van der Waals surface area contributed by atoms with E-state index in [9.17, 15) is 4.79 Å². The van der Waals surface area contributed by atoms with Gasteiger partial charge in [0.25, 0.3) is 0 Å². The predicted molar refractivity (Wildman–Crippen MR) is 31.4 cm³/mol. The van der Waals surface area contributed by atoms with E-state index < -0.39 is 5.97 Å². The van der Waals surface area contributed by atoms with Crippen molar-refractivity contribution in [1.82, 2.24) is 0 Å². The van der Waals surface area contributed by atoms with Gasteiger partial charge in [0.1, 0.15) is 0 Å². The van der Waals surface area contributed by atoms with Crippen molar-refractivity contribution in [1.29, 1.82) is 0 Å². The summed E-state index contributed by atoms with van der Waals surface area (Å²) in [6.45, 7) is 0. The number of aromatic carboxylic acids is 1. The van der Waals surface area contributed by atoms with E-state index in [-0.39, 0.29) is 57.1 Å². The monoisotopic (exact) mass is 151 g/mol. The average molecular weight is 151 g/mol. The number of hydrogen-bond acceptors (Lipinski definition) is 2. The summed E-state index contributed by atoms with van der Waals surface area (Å²) in [5.41, 5.74) is 0. The van der Waals surface area contributed by atoms with Gasteiger partial charge in [-0.2, -0.15) is 0 Å². The van der Waals surface area contributed by atoms with Crippen LogP contribution < -0.4 is 0 Å². The van der Waals surface area contributed by atoms with Gasteiger partial charge in [0, 0.05) is 51.4 Å². The molecule has 0 amide bonds. The number of carboxylic acids is 1. The molecule has 1 heterocycles. The van der Waals surface area contributed by atoms with Crippen LogP contribution in [0.1, 0.15) is 10.6 Å². The van der Waals surface area contributed by atoms with Gasteiger partial charge in [-0.05, 0) is 12.1 Å². The maximum Gasteiger partial charge on any atom is 0.371 e.